The highest BCUT2D eigenvalue weighted by Gasteiger charge is 2.17. The summed E-state index contributed by atoms with van der Waals surface area (Å²) in [6.45, 7) is 4.00. The average molecular weight is 384 g/mol. The van der Waals surface area contributed by atoms with E-state index < -0.39 is 0 Å². The van der Waals surface area contributed by atoms with Crippen LogP contribution in [0.1, 0.15) is 24.8 Å². The largest absolute Gasteiger partial charge is 0.356 e. The molecule has 0 unspecified atom stereocenters. The minimum Gasteiger partial charge on any atom is -0.356 e. The molecular formula is C20H29N7O. The molecule has 0 spiro atoms. The summed E-state index contributed by atoms with van der Waals surface area (Å²) >= 11 is 0. The first-order valence-corrected chi connectivity index (χ1v) is 9.81. The van der Waals surface area contributed by atoms with Crippen molar-refractivity contribution < 1.29 is 4.79 Å². The maximum absolute atomic E-state index is 12.2. The van der Waals surface area contributed by atoms with Crippen LogP contribution in [-0.2, 0) is 13.1 Å². The van der Waals surface area contributed by atoms with E-state index in [-0.39, 0.29) is 6.03 Å². The number of urea groups is 1. The molecule has 8 heteroatoms. The molecule has 3 N–H and O–H groups in total. The van der Waals surface area contributed by atoms with Crippen molar-refractivity contribution in [1.82, 2.24) is 25.3 Å². The first kappa shape index (κ1) is 19.7. The number of guanidine groups is 1. The van der Waals surface area contributed by atoms with Crippen molar-refractivity contribution in [2.75, 3.05) is 32.0 Å². The van der Waals surface area contributed by atoms with Crippen LogP contribution >= 0.6 is 0 Å². The van der Waals surface area contributed by atoms with Crippen molar-refractivity contribution in [3.8, 4) is 0 Å². The lowest BCUT2D eigenvalue weighted by atomic mass is 10.2. The lowest BCUT2D eigenvalue weighted by Gasteiger charge is -2.17. The Morgan fingerprint density at radius 2 is 2.07 bits per heavy atom. The fourth-order valence-corrected chi connectivity index (χ4v) is 3.17. The lowest BCUT2D eigenvalue weighted by molar-refractivity contribution is 0.222. The Morgan fingerprint density at radius 1 is 1.21 bits per heavy atom. The zero-order chi connectivity index (χ0) is 19.6. The molecule has 2 aromatic rings. The first-order chi connectivity index (χ1) is 13.7. The SMILES string of the molecule is CN=C(NCCCn1cccn1)NCc1cccc(NC(=O)N2CCCC2)c1. The van der Waals surface area contributed by atoms with Gasteiger partial charge in [-0.3, -0.25) is 9.67 Å². The molecule has 3 rings (SSSR count). The van der Waals surface area contributed by atoms with E-state index in [0.29, 0.717) is 6.54 Å². The first-order valence-electron chi connectivity index (χ1n) is 9.81. The van der Waals surface area contributed by atoms with Gasteiger partial charge in [-0.15, -0.1) is 0 Å². The Hall–Kier alpha value is -3.03. The molecule has 150 valence electrons. The number of nitrogens with one attached hydrogen (secondary N) is 3. The van der Waals surface area contributed by atoms with Crippen LogP contribution in [0.25, 0.3) is 0 Å². The Labute approximate surface area is 166 Å². The van der Waals surface area contributed by atoms with Crippen molar-refractivity contribution in [2.24, 2.45) is 4.99 Å². The van der Waals surface area contributed by atoms with Crippen LogP contribution in [0.4, 0.5) is 10.5 Å². The Morgan fingerprint density at radius 3 is 2.82 bits per heavy atom. The number of hydrogen-bond acceptors (Lipinski definition) is 3. The zero-order valence-electron chi connectivity index (χ0n) is 16.4. The number of hydrogen-bond donors (Lipinski definition) is 3. The van der Waals surface area contributed by atoms with Gasteiger partial charge in [-0.05, 0) is 43.0 Å². The molecule has 0 aliphatic carbocycles. The van der Waals surface area contributed by atoms with Gasteiger partial charge in [0.25, 0.3) is 0 Å². The number of benzene rings is 1. The van der Waals surface area contributed by atoms with E-state index >= 15 is 0 Å². The summed E-state index contributed by atoms with van der Waals surface area (Å²) in [5.74, 6) is 0.756. The smallest absolute Gasteiger partial charge is 0.321 e. The van der Waals surface area contributed by atoms with Crippen molar-refractivity contribution in [1.29, 1.82) is 0 Å². The number of amides is 2. The predicted octanol–water partition coefficient (Wildman–Crippen LogP) is 2.27. The highest BCUT2D eigenvalue weighted by atomic mass is 16.2. The molecule has 0 radical (unpaired) electrons. The number of anilines is 1. The number of aryl methyl sites for hydroxylation is 1. The van der Waals surface area contributed by atoms with Gasteiger partial charge < -0.3 is 20.9 Å². The monoisotopic (exact) mass is 383 g/mol. The second-order valence-electron chi connectivity index (χ2n) is 6.80. The van der Waals surface area contributed by atoms with Crippen LogP contribution in [0.3, 0.4) is 0 Å². The van der Waals surface area contributed by atoms with Gasteiger partial charge in [-0.1, -0.05) is 12.1 Å². The van der Waals surface area contributed by atoms with Crippen LogP contribution in [0.2, 0.25) is 0 Å². The van der Waals surface area contributed by atoms with E-state index in [4.69, 9.17) is 0 Å². The summed E-state index contributed by atoms with van der Waals surface area (Å²) in [7, 11) is 1.76. The topological polar surface area (TPSA) is 86.6 Å². The molecule has 1 aliphatic heterocycles. The van der Waals surface area contributed by atoms with Gasteiger partial charge in [-0.2, -0.15) is 5.10 Å². The minimum absolute atomic E-state index is 0.0164. The van der Waals surface area contributed by atoms with E-state index in [1.54, 1.807) is 13.2 Å². The van der Waals surface area contributed by atoms with Gasteiger partial charge >= 0.3 is 6.03 Å². The molecule has 0 atom stereocenters. The van der Waals surface area contributed by atoms with E-state index in [1.165, 1.54) is 0 Å². The van der Waals surface area contributed by atoms with Crippen LogP contribution in [0, 0.1) is 0 Å². The molecule has 2 heterocycles. The maximum Gasteiger partial charge on any atom is 0.321 e. The van der Waals surface area contributed by atoms with Gasteiger partial charge in [0.05, 0.1) is 0 Å². The van der Waals surface area contributed by atoms with E-state index in [2.05, 4.69) is 26.0 Å². The molecule has 0 bridgehead atoms. The van der Waals surface area contributed by atoms with Crippen molar-refractivity contribution >= 4 is 17.7 Å². The molecular weight excluding hydrogens is 354 g/mol. The third-order valence-electron chi connectivity index (χ3n) is 4.67. The molecule has 1 aliphatic rings. The summed E-state index contributed by atoms with van der Waals surface area (Å²) in [6, 6.07) is 9.80. The number of aliphatic imine (C=N–C) groups is 1. The van der Waals surface area contributed by atoms with E-state index in [9.17, 15) is 4.79 Å². The van der Waals surface area contributed by atoms with Crippen molar-refractivity contribution in [3.63, 3.8) is 0 Å². The summed E-state index contributed by atoms with van der Waals surface area (Å²) < 4.78 is 1.92. The third kappa shape index (κ3) is 6.00. The predicted molar refractivity (Wildman–Crippen MR) is 111 cm³/mol. The summed E-state index contributed by atoms with van der Waals surface area (Å²) in [4.78, 5) is 18.4. The van der Waals surface area contributed by atoms with Crippen LogP contribution in [-0.4, -0.2) is 53.4 Å². The molecule has 1 aromatic carbocycles. The van der Waals surface area contributed by atoms with Gasteiger partial charge in [0.2, 0.25) is 0 Å². The summed E-state index contributed by atoms with van der Waals surface area (Å²) in [6.07, 6.45) is 6.88. The third-order valence-corrected chi connectivity index (χ3v) is 4.67. The Balaban J connectivity index is 1.41. The van der Waals surface area contributed by atoms with Crippen molar-refractivity contribution in [3.05, 3.63) is 48.3 Å². The molecule has 1 fully saturated rings. The molecule has 8 nitrogen and oxygen atoms in total. The summed E-state index contributed by atoms with van der Waals surface area (Å²) in [5.41, 5.74) is 1.90. The second kappa shape index (κ2) is 10.3. The quantitative estimate of drug-likeness (QED) is 0.389. The van der Waals surface area contributed by atoms with Crippen LogP contribution < -0.4 is 16.0 Å². The Kier molecular flexibility index (Phi) is 7.29. The van der Waals surface area contributed by atoms with Gasteiger partial charge in [0.1, 0.15) is 0 Å². The fraction of sp³-hybridized carbons (Fsp3) is 0.450. The summed E-state index contributed by atoms with van der Waals surface area (Å²) in [5, 5.41) is 13.8. The highest BCUT2D eigenvalue weighted by Crippen LogP contribution is 2.14. The number of rotatable bonds is 7. The molecule has 2 amide bonds. The van der Waals surface area contributed by atoms with Gasteiger partial charge in [0.15, 0.2) is 5.96 Å². The highest BCUT2D eigenvalue weighted by molar-refractivity contribution is 5.89. The maximum atomic E-state index is 12.2. The van der Waals surface area contributed by atoms with Gasteiger partial charge in [-0.25, -0.2) is 4.79 Å². The Bertz CT molecular complexity index is 767. The minimum atomic E-state index is -0.0164. The number of carbonyl (C=O) groups excluding carboxylic acids is 1. The van der Waals surface area contributed by atoms with Crippen LogP contribution in [0.15, 0.2) is 47.7 Å². The molecule has 1 saturated heterocycles. The molecule has 0 saturated carbocycles. The average Bonchev–Trinajstić information content (AvgIpc) is 3.42. The lowest BCUT2D eigenvalue weighted by Crippen LogP contribution is -2.37. The molecule has 1 aromatic heterocycles. The molecule has 28 heavy (non-hydrogen) atoms. The normalized spacial score (nSPS) is 14.2. The van der Waals surface area contributed by atoms with E-state index in [1.807, 2.05) is 46.1 Å². The number of aromatic nitrogens is 2. The fourth-order valence-electron chi connectivity index (χ4n) is 3.17. The van der Waals surface area contributed by atoms with Crippen molar-refractivity contribution in [2.45, 2.75) is 32.4 Å². The standard InChI is InChI=1S/C20H29N7O/c1-21-19(22-9-5-13-27-14-6-10-24-27)23-16-17-7-4-8-18(15-17)25-20(28)26-11-2-3-12-26/h4,6-8,10,14-15H,2-3,5,9,11-13,16H2,1H3,(H,25,28)(H2,21,22,23). The number of nitrogens with zero attached hydrogens (tertiary/aromatic N) is 4. The second-order valence-corrected chi connectivity index (χ2v) is 6.80. The zero-order valence-corrected chi connectivity index (χ0v) is 16.4. The van der Waals surface area contributed by atoms with E-state index in [0.717, 1.165) is 62.7 Å². The van der Waals surface area contributed by atoms with Gasteiger partial charge in [0, 0.05) is 57.9 Å². The number of carbonyl (C=O) groups is 1. The number of likely N-dealkylation sites (tertiary alicyclic amines) is 1. The van der Waals surface area contributed by atoms with Crippen LogP contribution in [0.5, 0.6) is 0 Å².